The first kappa shape index (κ1) is 24.7. The Morgan fingerprint density at radius 1 is 1.28 bits per heavy atom. The van der Waals surface area contributed by atoms with Gasteiger partial charge in [-0.1, -0.05) is 37.6 Å². The molecule has 36 heavy (non-hydrogen) atoms. The van der Waals surface area contributed by atoms with Gasteiger partial charge in [0.2, 0.25) is 11.5 Å². The number of nitrogen functional groups attached to an aromatic ring is 1. The molecule has 2 aliphatic rings. The van der Waals surface area contributed by atoms with Crippen molar-refractivity contribution in [3.8, 4) is 0 Å². The third-order valence-corrected chi connectivity index (χ3v) is 6.89. The number of carbonyl (C=O) groups excluding carboxylic acids is 1. The van der Waals surface area contributed by atoms with E-state index >= 15 is 0 Å². The number of nitrogens with two attached hydrogens (primary N) is 2. The molecular weight excluding hydrogens is 492 g/mol. The smallest absolute Gasteiger partial charge is 0.323 e. The molecule has 2 unspecified atom stereocenters. The van der Waals surface area contributed by atoms with Gasteiger partial charge in [-0.05, 0) is 25.0 Å². The molecule has 4 heterocycles. The number of hydrogen-bond donors (Lipinski definition) is 3. The van der Waals surface area contributed by atoms with Crippen LogP contribution in [-0.4, -0.2) is 46.4 Å². The quantitative estimate of drug-likeness (QED) is 0.413. The van der Waals surface area contributed by atoms with Gasteiger partial charge in [0.05, 0.1) is 6.26 Å². The van der Waals surface area contributed by atoms with E-state index in [-0.39, 0.29) is 29.6 Å². The summed E-state index contributed by atoms with van der Waals surface area (Å²) in [5, 5.41) is 0.578. The summed E-state index contributed by atoms with van der Waals surface area (Å²) in [6, 6.07) is 6.32. The lowest BCUT2D eigenvalue weighted by molar-refractivity contribution is -0.168. The van der Waals surface area contributed by atoms with Gasteiger partial charge in [0.25, 0.3) is 5.56 Å². The standard InChI is InChI=1S/C24H27ClN4O7/c1-10(2)15(26)21(31)33-9-14-19-24(3,36-22(35-19)11-4-6-12(25)7-5-11)18(34-14)13-8-32-17-16(13)28-23(27)29-20(17)30/h4-8,10,14-15,18-19,22H,9,26H2,1-3H3,(H3,27,28,29,30)/t14-,15?,18+,19-,22?,24+/m1/s1. The van der Waals surface area contributed by atoms with Gasteiger partial charge >= 0.3 is 5.97 Å². The normalized spacial score (nSPS) is 28.5. The molecule has 11 nitrogen and oxygen atoms in total. The van der Waals surface area contributed by atoms with Crippen molar-refractivity contribution in [2.45, 2.75) is 57.0 Å². The summed E-state index contributed by atoms with van der Waals surface area (Å²) in [6.07, 6.45) is -1.47. The van der Waals surface area contributed by atoms with E-state index in [0.717, 1.165) is 5.56 Å². The molecular formula is C24H27ClN4O7. The number of H-pyrrole nitrogens is 1. The first-order valence-electron chi connectivity index (χ1n) is 11.5. The molecule has 0 bridgehead atoms. The molecule has 12 heteroatoms. The summed E-state index contributed by atoms with van der Waals surface area (Å²) in [5.74, 6) is -0.695. The molecule has 2 fully saturated rings. The van der Waals surface area contributed by atoms with E-state index in [1.54, 1.807) is 24.3 Å². The maximum Gasteiger partial charge on any atom is 0.323 e. The predicted molar refractivity (Wildman–Crippen MR) is 129 cm³/mol. The molecule has 2 aromatic heterocycles. The van der Waals surface area contributed by atoms with E-state index in [0.29, 0.717) is 10.6 Å². The number of furan rings is 1. The summed E-state index contributed by atoms with van der Waals surface area (Å²) in [6.45, 7) is 5.38. The maximum atomic E-state index is 12.4. The molecule has 5 rings (SSSR count). The average molecular weight is 519 g/mol. The second kappa shape index (κ2) is 9.16. The van der Waals surface area contributed by atoms with Crippen LogP contribution in [0.15, 0.2) is 39.7 Å². The second-order valence-corrected chi connectivity index (χ2v) is 9.95. The lowest BCUT2D eigenvalue weighted by Gasteiger charge is -2.27. The number of aromatic nitrogens is 2. The Morgan fingerprint density at radius 2 is 2.00 bits per heavy atom. The van der Waals surface area contributed by atoms with Crippen LogP contribution in [0.4, 0.5) is 5.95 Å². The second-order valence-electron chi connectivity index (χ2n) is 9.52. The number of benzene rings is 1. The minimum Gasteiger partial charge on any atom is -0.462 e. The zero-order valence-electron chi connectivity index (χ0n) is 19.9. The van der Waals surface area contributed by atoms with Crippen molar-refractivity contribution in [3.63, 3.8) is 0 Å². The molecule has 192 valence electrons. The Kier molecular flexibility index (Phi) is 6.29. The molecule has 6 atom stereocenters. The van der Waals surface area contributed by atoms with Gasteiger partial charge in [-0.2, -0.15) is 0 Å². The van der Waals surface area contributed by atoms with E-state index in [4.69, 9.17) is 46.4 Å². The van der Waals surface area contributed by atoms with Crippen molar-refractivity contribution in [2.24, 2.45) is 11.7 Å². The van der Waals surface area contributed by atoms with E-state index in [1.165, 1.54) is 6.26 Å². The molecule has 5 N–H and O–H groups in total. The zero-order valence-corrected chi connectivity index (χ0v) is 20.7. The molecule has 0 radical (unpaired) electrons. The molecule has 2 aliphatic heterocycles. The molecule has 0 amide bonds. The number of nitrogens with zero attached hydrogens (tertiary/aromatic N) is 1. The number of aromatic amines is 1. The highest BCUT2D eigenvalue weighted by atomic mass is 35.5. The summed E-state index contributed by atoms with van der Waals surface area (Å²) in [7, 11) is 0. The number of carbonyl (C=O) groups is 1. The minimum absolute atomic E-state index is 0.00824. The van der Waals surface area contributed by atoms with Gasteiger partial charge in [0.1, 0.15) is 42.1 Å². The fraction of sp³-hybridized carbons (Fsp3) is 0.458. The Morgan fingerprint density at radius 3 is 2.69 bits per heavy atom. The van der Waals surface area contributed by atoms with Crippen LogP contribution < -0.4 is 17.0 Å². The zero-order chi connectivity index (χ0) is 25.8. The summed E-state index contributed by atoms with van der Waals surface area (Å²) >= 11 is 6.04. The Bertz CT molecular complexity index is 1340. The molecule has 0 aliphatic carbocycles. The summed E-state index contributed by atoms with van der Waals surface area (Å²) < 4.78 is 30.0. The first-order chi connectivity index (χ1) is 17.1. The Balaban J connectivity index is 1.49. The van der Waals surface area contributed by atoms with Crippen LogP contribution in [0.25, 0.3) is 11.1 Å². The number of anilines is 1. The van der Waals surface area contributed by atoms with Crippen LogP contribution in [0.5, 0.6) is 0 Å². The van der Waals surface area contributed by atoms with Crippen molar-refractivity contribution in [3.05, 3.63) is 57.0 Å². The first-order valence-corrected chi connectivity index (χ1v) is 11.9. The average Bonchev–Trinajstić information content (AvgIpc) is 3.47. The number of esters is 1. The number of nitrogens with one attached hydrogen (secondary N) is 1. The molecule has 3 aromatic rings. The van der Waals surface area contributed by atoms with Gasteiger partial charge < -0.3 is 34.8 Å². The van der Waals surface area contributed by atoms with Gasteiger partial charge in [-0.15, -0.1) is 0 Å². The molecule has 1 aromatic carbocycles. The lowest BCUT2D eigenvalue weighted by atomic mass is 9.89. The third-order valence-electron chi connectivity index (χ3n) is 6.64. The monoisotopic (exact) mass is 518 g/mol. The minimum atomic E-state index is -1.06. The Hall–Kier alpha value is -2.96. The van der Waals surface area contributed by atoms with Crippen molar-refractivity contribution in [1.82, 2.24) is 9.97 Å². The number of rotatable bonds is 6. The van der Waals surface area contributed by atoms with Crippen LogP contribution >= 0.6 is 11.6 Å². The summed E-state index contributed by atoms with van der Waals surface area (Å²) in [5.41, 5.74) is 11.6. The summed E-state index contributed by atoms with van der Waals surface area (Å²) in [4.78, 5) is 31.4. The highest BCUT2D eigenvalue weighted by Gasteiger charge is 2.63. The lowest BCUT2D eigenvalue weighted by Crippen LogP contribution is -2.42. The predicted octanol–water partition coefficient (Wildman–Crippen LogP) is 2.59. The van der Waals surface area contributed by atoms with Gasteiger partial charge in [-0.25, -0.2) is 4.98 Å². The van der Waals surface area contributed by atoms with Crippen molar-refractivity contribution < 1.29 is 28.2 Å². The van der Waals surface area contributed by atoms with Crippen LogP contribution in [0, 0.1) is 5.92 Å². The van der Waals surface area contributed by atoms with Gasteiger partial charge in [0, 0.05) is 16.1 Å². The van der Waals surface area contributed by atoms with Crippen molar-refractivity contribution in [2.75, 3.05) is 12.3 Å². The van der Waals surface area contributed by atoms with Crippen molar-refractivity contribution in [1.29, 1.82) is 0 Å². The molecule has 0 saturated carbocycles. The van der Waals surface area contributed by atoms with Crippen LogP contribution in [0.2, 0.25) is 5.02 Å². The Labute approximate surface area is 211 Å². The number of halogens is 1. The van der Waals surface area contributed by atoms with Gasteiger partial charge in [0.15, 0.2) is 6.29 Å². The number of hydrogen-bond acceptors (Lipinski definition) is 10. The van der Waals surface area contributed by atoms with Crippen LogP contribution in [0.3, 0.4) is 0 Å². The number of ether oxygens (including phenoxy) is 4. The fourth-order valence-corrected chi connectivity index (χ4v) is 4.73. The molecule has 2 saturated heterocycles. The van der Waals surface area contributed by atoms with E-state index < -0.39 is 47.8 Å². The van der Waals surface area contributed by atoms with Crippen LogP contribution in [0.1, 0.15) is 44.3 Å². The van der Waals surface area contributed by atoms with Gasteiger partial charge in [-0.3, -0.25) is 14.6 Å². The van der Waals surface area contributed by atoms with E-state index in [1.807, 2.05) is 20.8 Å². The number of fused-ring (bicyclic) bond motifs is 2. The SMILES string of the molecule is CC(C)C(N)C(=O)OC[C@H]1O[C@@H](c2coc3c(=O)[nH]c(N)nc23)[C@]2(C)OC(c3ccc(Cl)cc3)O[C@H]12. The van der Waals surface area contributed by atoms with E-state index in [9.17, 15) is 9.59 Å². The largest absolute Gasteiger partial charge is 0.462 e. The molecule has 0 spiro atoms. The topological polar surface area (TPSA) is 165 Å². The maximum absolute atomic E-state index is 12.4. The fourth-order valence-electron chi connectivity index (χ4n) is 4.60. The third kappa shape index (κ3) is 4.16. The van der Waals surface area contributed by atoms with Crippen LogP contribution in [-0.2, 0) is 23.7 Å². The highest BCUT2D eigenvalue weighted by molar-refractivity contribution is 6.30. The van der Waals surface area contributed by atoms with Crippen molar-refractivity contribution >= 4 is 34.6 Å². The van der Waals surface area contributed by atoms with E-state index in [2.05, 4.69) is 9.97 Å². The highest BCUT2D eigenvalue weighted by Crippen LogP contribution is 2.54.